The van der Waals surface area contributed by atoms with Crippen LogP contribution in [0.5, 0.6) is 0 Å². The Labute approximate surface area is 201 Å². The van der Waals surface area contributed by atoms with Crippen molar-refractivity contribution in [2.75, 3.05) is 0 Å². The van der Waals surface area contributed by atoms with E-state index in [2.05, 4.69) is 0 Å². The molecule has 1 atom stereocenters. The predicted molar refractivity (Wildman–Crippen MR) is 129 cm³/mol. The van der Waals surface area contributed by atoms with Crippen LogP contribution in [-0.4, -0.2) is 45.3 Å². The van der Waals surface area contributed by atoms with Crippen molar-refractivity contribution in [1.82, 2.24) is 4.90 Å². The van der Waals surface area contributed by atoms with Gasteiger partial charge in [0.15, 0.2) is 0 Å². The van der Waals surface area contributed by atoms with E-state index in [1.165, 1.54) is 4.90 Å². The minimum Gasteiger partial charge on any atom is -0.480 e. The summed E-state index contributed by atoms with van der Waals surface area (Å²) >= 11 is 0. The Kier molecular flexibility index (Phi) is 9.24. The van der Waals surface area contributed by atoms with Crippen LogP contribution in [0.1, 0.15) is 58.6 Å². The second-order valence-corrected chi connectivity index (χ2v) is 9.87. The number of hydrogen-bond donors (Lipinski definition) is 1. The monoisotopic (exact) mass is 469 g/mol. The average molecular weight is 470 g/mol. The Balaban J connectivity index is 2.20. The zero-order chi connectivity index (χ0) is 25.4. The second kappa shape index (κ2) is 11.7. The molecule has 0 saturated carbocycles. The first-order valence-corrected chi connectivity index (χ1v) is 11.4. The van der Waals surface area contributed by atoms with Gasteiger partial charge in [-0.25, -0.2) is 9.59 Å². The lowest BCUT2D eigenvalue weighted by Gasteiger charge is -2.33. The molecule has 0 aliphatic heterocycles. The second-order valence-electron chi connectivity index (χ2n) is 9.87. The van der Waals surface area contributed by atoms with E-state index in [0.717, 1.165) is 11.1 Å². The molecule has 0 radical (unpaired) electrons. The third-order valence-electron chi connectivity index (χ3n) is 5.08. The molecule has 184 valence electrons. The fourth-order valence-electron chi connectivity index (χ4n) is 3.39. The Morgan fingerprint density at radius 1 is 0.853 bits per heavy atom. The molecule has 0 saturated heterocycles. The van der Waals surface area contributed by atoms with Gasteiger partial charge in [-0.05, 0) is 52.2 Å². The maximum absolute atomic E-state index is 13.3. The number of carbonyl (C=O) groups is 3. The van der Waals surface area contributed by atoms with Crippen LogP contribution in [0, 0.1) is 0 Å². The molecule has 0 aliphatic rings. The van der Waals surface area contributed by atoms with Crippen LogP contribution in [0.3, 0.4) is 0 Å². The fraction of sp³-hybridized carbons (Fsp3) is 0.444. The molecule has 0 bridgehead atoms. The van der Waals surface area contributed by atoms with Crippen molar-refractivity contribution in [1.29, 1.82) is 0 Å². The Morgan fingerprint density at radius 3 is 1.88 bits per heavy atom. The molecule has 2 rings (SSSR count). The van der Waals surface area contributed by atoms with Gasteiger partial charge in [-0.15, -0.1) is 0 Å². The molecule has 2 aromatic carbocycles. The van der Waals surface area contributed by atoms with Crippen LogP contribution >= 0.6 is 0 Å². The van der Waals surface area contributed by atoms with Crippen LogP contribution in [0.4, 0.5) is 4.79 Å². The maximum atomic E-state index is 13.3. The lowest BCUT2D eigenvalue weighted by Crippen LogP contribution is -2.48. The van der Waals surface area contributed by atoms with Crippen LogP contribution < -0.4 is 0 Å². The van der Waals surface area contributed by atoms with E-state index >= 15 is 0 Å². The molecule has 34 heavy (non-hydrogen) atoms. The number of carboxylic acids is 1. The first-order chi connectivity index (χ1) is 15.9. The summed E-state index contributed by atoms with van der Waals surface area (Å²) in [4.78, 5) is 38.9. The summed E-state index contributed by atoms with van der Waals surface area (Å²) in [7, 11) is 0. The molecular weight excluding hydrogens is 434 g/mol. The Hall–Kier alpha value is -3.35. The van der Waals surface area contributed by atoms with Gasteiger partial charge in [-0.3, -0.25) is 9.69 Å². The molecule has 0 aliphatic carbocycles. The average Bonchev–Trinajstić information content (AvgIpc) is 2.74. The van der Waals surface area contributed by atoms with Gasteiger partial charge in [0, 0.05) is 19.4 Å². The van der Waals surface area contributed by atoms with E-state index in [0.29, 0.717) is 0 Å². The summed E-state index contributed by atoms with van der Waals surface area (Å²) in [6.07, 6.45) is -0.302. The quantitative estimate of drug-likeness (QED) is 0.480. The number of ether oxygens (including phenoxy) is 2. The predicted octanol–water partition coefficient (Wildman–Crippen LogP) is 5.22. The summed E-state index contributed by atoms with van der Waals surface area (Å²) < 4.78 is 11.1. The highest BCUT2D eigenvalue weighted by Gasteiger charge is 2.35. The minimum absolute atomic E-state index is 0.0720. The number of carbonyl (C=O) groups excluding carboxylic acids is 2. The molecule has 0 aromatic heterocycles. The normalized spacial score (nSPS) is 12.5. The van der Waals surface area contributed by atoms with Gasteiger partial charge in [0.25, 0.3) is 0 Å². The zero-order valence-electron chi connectivity index (χ0n) is 20.6. The van der Waals surface area contributed by atoms with Gasteiger partial charge in [-0.2, -0.15) is 0 Å². The van der Waals surface area contributed by atoms with Gasteiger partial charge in [-0.1, -0.05) is 60.7 Å². The highest BCUT2D eigenvalue weighted by molar-refractivity contribution is 5.80. The smallest absolute Gasteiger partial charge is 0.411 e. The first kappa shape index (κ1) is 26.9. The molecule has 7 heteroatoms. The van der Waals surface area contributed by atoms with E-state index < -0.39 is 29.3 Å². The van der Waals surface area contributed by atoms with Crippen molar-refractivity contribution in [2.45, 2.75) is 77.7 Å². The molecule has 0 heterocycles. The van der Waals surface area contributed by atoms with Crippen molar-refractivity contribution in [3.63, 3.8) is 0 Å². The van der Waals surface area contributed by atoms with Gasteiger partial charge >= 0.3 is 18.0 Å². The number of amides is 1. The Morgan fingerprint density at radius 2 is 1.38 bits per heavy atom. The number of benzene rings is 2. The molecular formula is C27H35NO6. The Bertz CT molecular complexity index is 950. The standard InChI is InChI=1S/C27H35NO6/c1-26(2,3)33-23(29)16-17-27(4,5)34-25(32)28(19-21-14-10-7-11-15-21)22(24(30)31)18-20-12-8-6-9-13-20/h6-15,22H,16-19H2,1-5H3,(H,30,31)/t22-/m0/s1. The largest absolute Gasteiger partial charge is 0.480 e. The maximum Gasteiger partial charge on any atom is 0.411 e. The number of aliphatic carboxylic acids is 1. The summed E-state index contributed by atoms with van der Waals surface area (Å²) in [6, 6.07) is 17.2. The third kappa shape index (κ3) is 9.25. The van der Waals surface area contributed by atoms with Crippen molar-refractivity contribution in [3.8, 4) is 0 Å². The van der Waals surface area contributed by atoms with Crippen molar-refractivity contribution in [2.24, 2.45) is 0 Å². The van der Waals surface area contributed by atoms with Crippen LogP contribution in [0.2, 0.25) is 0 Å². The number of carboxylic acid groups (broad SMARTS) is 1. The summed E-state index contributed by atoms with van der Waals surface area (Å²) in [6.45, 7) is 8.83. The van der Waals surface area contributed by atoms with Gasteiger partial charge in [0.05, 0.1) is 0 Å². The van der Waals surface area contributed by atoms with E-state index in [-0.39, 0.29) is 31.8 Å². The fourth-order valence-corrected chi connectivity index (χ4v) is 3.39. The van der Waals surface area contributed by atoms with Crippen LogP contribution in [0.15, 0.2) is 60.7 Å². The number of esters is 1. The number of nitrogens with zero attached hydrogens (tertiary/aromatic N) is 1. The molecule has 2 aromatic rings. The SMILES string of the molecule is CC(C)(C)OC(=O)CCC(C)(C)OC(=O)N(Cc1ccccc1)[C@@H](Cc1ccccc1)C(=O)O. The third-order valence-corrected chi connectivity index (χ3v) is 5.08. The van der Waals surface area contributed by atoms with Crippen molar-refractivity contribution >= 4 is 18.0 Å². The lowest BCUT2D eigenvalue weighted by molar-refractivity contribution is -0.156. The lowest BCUT2D eigenvalue weighted by atomic mass is 10.0. The topological polar surface area (TPSA) is 93.1 Å². The van der Waals surface area contributed by atoms with E-state index in [1.54, 1.807) is 34.6 Å². The van der Waals surface area contributed by atoms with Gasteiger partial charge in [0.2, 0.25) is 0 Å². The minimum atomic E-state index is -1.13. The molecule has 7 nitrogen and oxygen atoms in total. The molecule has 0 fully saturated rings. The molecule has 1 amide bonds. The van der Waals surface area contributed by atoms with E-state index in [4.69, 9.17) is 9.47 Å². The van der Waals surface area contributed by atoms with Gasteiger partial charge < -0.3 is 14.6 Å². The molecule has 1 N–H and O–H groups in total. The zero-order valence-corrected chi connectivity index (χ0v) is 20.6. The molecule has 0 unspecified atom stereocenters. The van der Waals surface area contributed by atoms with E-state index in [9.17, 15) is 19.5 Å². The molecule has 0 spiro atoms. The summed E-state index contributed by atoms with van der Waals surface area (Å²) in [5.41, 5.74) is -0.0230. The number of rotatable bonds is 10. The highest BCUT2D eigenvalue weighted by atomic mass is 16.6. The van der Waals surface area contributed by atoms with Crippen LogP contribution in [0.25, 0.3) is 0 Å². The highest BCUT2D eigenvalue weighted by Crippen LogP contribution is 2.23. The first-order valence-electron chi connectivity index (χ1n) is 11.4. The summed E-state index contributed by atoms with van der Waals surface area (Å²) in [5.74, 6) is -1.51. The van der Waals surface area contributed by atoms with E-state index in [1.807, 2.05) is 60.7 Å². The van der Waals surface area contributed by atoms with Crippen molar-refractivity contribution < 1.29 is 29.0 Å². The summed E-state index contributed by atoms with van der Waals surface area (Å²) in [5, 5.41) is 10.0. The van der Waals surface area contributed by atoms with Gasteiger partial charge in [0.1, 0.15) is 17.2 Å². The van der Waals surface area contributed by atoms with Crippen LogP contribution in [-0.2, 0) is 32.0 Å². The number of hydrogen-bond acceptors (Lipinski definition) is 5. The van der Waals surface area contributed by atoms with Crippen molar-refractivity contribution in [3.05, 3.63) is 71.8 Å².